The van der Waals surface area contributed by atoms with Gasteiger partial charge in [0.2, 0.25) is 0 Å². The van der Waals surface area contributed by atoms with Crippen molar-refractivity contribution in [2.75, 3.05) is 0 Å². The molecule has 19 heavy (non-hydrogen) atoms. The lowest BCUT2D eigenvalue weighted by molar-refractivity contribution is 0.599. The summed E-state index contributed by atoms with van der Waals surface area (Å²) in [6, 6.07) is 8.58. The van der Waals surface area contributed by atoms with Crippen LogP contribution < -0.4 is 0 Å². The quantitative estimate of drug-likeness (QED) is 0.686. The molecule has 3 aromatic rings. The average Bonchev–Trinajstić information content (AvgIpc) is 2.79. The molecule has 0 aliphatic rings. The highest BCUT2D eigenvalue weighted by Gasteiger charge is 2.11. The zero-order valence-corrected chi connectivity index (χ0v) is 10.8. The smallest absolute Gasteiger partial charge is 0.128 e. The second-order valence-electron chi connectivity index (χ2n) is 4.20. The third-order valence-electron chi connectivity index (χ3n) is 3.04. The fourth-order valence-electron chi connectivity index (χ4n) is 2.11. The van der Waals surface area contributed by atoms with Crippen molar-refractivity contribution in [3.8, 4) is 0 Å². The molecule has 3 nitrogen and oxygen atoms in total. The number of hydrogen-bond donors (Lipinski definition) is 0. The molecule has 0 saturated carbocycles. The Morgan fingerprint density at radius 2 is 2.05 bits per heavy atom. The molecule has 0 bridgehead atoms. The van der Waals surface area contributed by atoms with Crippen LogP contribution in [-0.2, 0) is 12.4 Å². The molecule has 0 spiro atoms. The van der Waals surface area contributed by atoms with Crippen LogP contribution in [0.2, 0.25) is 0 Å². The monoisotopic (exact) mass is 275 g/mol. The molecule has 0 fully saturated rings. The fraction of sp³-hybridized carbons (Fsp3) is 0.143. The molecule has 1 aromatic carbocycles. The molecule has 0 aliphatic carbocycles. The summed E-state index contributed by atoms with van der Waals surface area (Å²) >= 11 is 5.91. The van der Waals surface area contributed by atoms with E-state index < -0.39 is 0 Å². The van der Waals surface area contributed by atoms with Crippen LogP contribution in [0.3, 0.4) is 0 Å². The lowest BCUT2D eigenvalue weighted by Crippen LogP contribution is -2.05. The lowest BCUT2D eigenvalue weighted by Gasteiger charge is -2.08. The van der Waals surface area contributed by atoms with Crippen LogP contribution in [0.15, 0.2) is 42.7 Å². The molecule has 3 rings (SSSR count). The van der Waals surface area contributed by atoms with Crippen LogP contribution in [0, 0.1) is 5.82 Å². The number of imidazole rings is 1. The van der Waals surface area contributed by atoms with Gasteiger partial charge in [0, 0.05) is 11.8 Å². The first-order valence-electron chi connectivity index (χ1n) is 5.88. The number of rotatable bonds is 3. The minimum absolute atomic E-state index is 0.223. The van der Waals surface area contributed by atoms with Gasteiger partial charge in [-0.15, -0.1) is 11.6 Å². The Morgan fingerprint density at radius 3 is 2.84 bits per heavy atom. The Hall–Kier alpha value is -1.94. The summed E-state index contributed by atoms with van der Waals surface area (Å²) in [6.45, 7) is 0.412. The number of benzene rings is 1. The summed E-state index contributed by atoms with van der Waals surface area (Å²) in [6.07, 6.45) is 3.38. The van der Waals surface area contributed by atoms with Gasteiger partial charge in [0.25, 0.3) is 0 Å². The first-order chi connectivity index (χ1) is 9.29. The van der Waals surface area contributed by atoms with E-state index in [4.69, 9.17) is 11.6 Å². The molecule has 0 radical (unpaired) electrons. The van der Waals surface area contributed by atoms with Gasteiger partial charge in [0.1, 0.15) is 17.2 Å². The van der Waals surface area contributed by atoms with E-state index in [1.54, 1.807) is 24.5 Å². The van der Waals surface area contributed by atoms with Crippen LogP contribution in [0.25, 0.3) is 11.0 Å². The van der Waals surface area contributed by atoms with Crippen LogP contribution in [-0.4, -0.2) is 14.5 Å². The molecule has 0 amide bonds. The standard InChI is InChI=1S/C14H11ClFN3/c15-7-14-18-12-8-17-6-5-13(12)19(14)9-10-3-1-2-4-11(10)16/h1-6,8H,7,9H2. The Balaban J connectivity index is 2.12. The number of fused-ring (bicyclic) bond motifs is 1. The number of alkyl halides is 1. The summed E-state index contributed by atoms with van der Waals surface area (Å²) in [7, 11) is 0. The first-order valence-corrected chi connectivity index (χ1v) is 6.41. The molecule has 2 heterocycles. The minimum atomic E-state index is -0.223. The van der Waals surface area contributed by atoms with Crippen molar-refractivity contribution in [1.82, 2.24) is 14.5 Å². The van der Waals surface area contributed by atoms with Crippen molar-refractivity contribution >= 4 is 22.6 Å². The van der Waals surface area contributed by atoms with E-state index in [9.17, 15) is 4.39 Å². The molecule has 0 unspecified atom stereocenters. The van der Waals surface area contributed by atoms with E-state index >= 15 is 0 Å². The second kappa shape index (κ2) is 4.97. The second-order valence-corrected chi connectivity index (χ2v) is 4.47. The fourth-order valence-corrected chi connectivity index (χ4v) is 2.31. The predicted octanol–water partition coefficient (Wildman–Crippen LogP) is 3.36. The van der Waals surface area contributed by atoms with Crippen molar-refractivity contribution in [1.29, 1.82) is 0 Å². The first kappa shape index (κ1) is 12.1. The predicted molar refractivity (Wildman–Crippen MR) is 72.6 cm³/mol. The highest BCUT2D eigenvalue weighted by atomic mass is 35.5. The van der Waals surface area contributed by atoms with Crippen molar-refractivity contribution in [2.24, 2.45) is 0 Å². The highest BCUT2D eigenvalue weighted by molar-refractivity contribution is 6.16. The van der Waals surface area contributed by atoms with Gasteiger partial charge in [-0.1, -0.05) is 18.2 Å². The van der Waals surface area contributed by atoms with E-state index in [-0.39, 0.29) is 11.7 Å². The van der Waals surface area contributed by atoms with E-state index in [0.717, 1.165) is 11.0 Å². The van der Waals surface area contributed by atoms with Gasteiger partial charge in [0.15, 0.2) is 0 Å². The Bertz CT molecular complexity index is 724. The summed E-state index contributed by atoms with van der Waals surface area (Å²) in [5.74, 6) is 0.773. The molecule has 0 N–H and O–H groups in total. The van der Waals surface area contributed by atoms with Gasteiger partial charge in [-0.25, -0.2) is 9.37 Å². The Kier molecular flexibility index (Phi) is 3.17. The Labute approximate surface area is 114 Å². The number of nitrogens with zero attached hydrogens (tertiary/aromatic N) is 3. The van der Waals surface area contributed by atoms with Crippen molar-refractivity contribution in [3.05, 3.63) is 59.9 Å². The van der Waals surface area contributed by atoms with E-state index in [1.165, 1.54) is 6.07 Å². The van der Waals surface area contributed by atoms with Gasteiger partial charge in [-0.2, -0.15) is 0 Å². The van der Waals surface area contributed by atoms with Crippen LogP contribution in [0.5, 0.6) is 0 Å². The van der Waals surface area contributed by atoms with E-state index in [0.29, 0.717) is 17.9 Å². The zero-order valence-electron chi connectivity index (χ0n) is 10.1. The van der Waals surface area contributed by atoms with Crippen LogP contribution >= 0.6 is 11.6 Å². The largest absolute Gasteiger partial charge is 0.322 e. The molecule has 0 aliphatic heterocycles. The Morgan fingerprint density at radius 1 is 1.21 bits per heavy atom. The normalized spacial score (nSPS) is 11.1. The number of pyridine rings is 1. The van der Waals surface area contributed by atoms with E-state index in [2.05, 4.69) is 9.97 Å². The molecular weight excluding hydrogens is 265 g/mol. The number of halogens is 2. The van der Waals surface area contributed by atoms with Crippen LogP contribution in [0.1, 0.15) is 11.4 Å². The van der Waals surface area contributed by atoms with Crippen molar-refractivity contribution in [2.45, 2.75) is 12.4 Å². The minimum Gasteiger partial charge on any atom is -0.322 e. The highest BCUT2D eigenvalue weighted by Crippen LogP contribution is 2.19. The number of aromatic nitrogens is 3. The molecule has 0 atom stereocenters. The summed E-state index contributed by atoms with van der Waals surface area (Å²) in [5, 5.41) is 0. The zero-order chi connectivity index (χ0) is 13.2. The van der Waals surface area contributed by atoms with Crippen molar-refractivity contribution < 1.29 is 4.39 Å². The summed E-state index contributed by atoms with van der Waals surface area (Å²) in [5.41, 5.74) is 2.30. The van der Waals surface area contributed by atoms with Gasteiger partial charge >= 0.3 is 0 Å². The van der Waals surface area contributed by atoms with Gasteiger partial charge < -0.3 is 4.57 Å². The molecule has 2 aromatic heterocycles. The third kappa shape index (κ3) is 2.19. The lowest BCUT2D eigenvalue weighted by atomic mass is 10.2. The maximum Gasteiger partial charge on any atom is 0.128 e. The molecule has 96 valence electrons. The molecular formula is C14H11ClFN3. The topological polar surface area (TPSA) is 30.7 Å². The third-order valence-corrected chi connectivity index (χ3v) is 3.27. The van der Waals surface area contributed by atoms with Gasteiger partial charge in [-0.05, 0) is 12.1 Å². The van der Waals surface area contributed by atoms with Crippen LogP contribution in [0.4, 0.5) is 4.39 Å². The molecule has 5 heteroatoms. The van der Waals surface area contributed by atoms with E-state index in [1.807, 2.05) is 16.7 Å². The molecule has 0 saturated heterocycles. The maximum absolute atomic E-state index is 13.7. The summed E-state index contributed by atoms with van der Waals surface area (Å²) < 4.78 is 15.7. The van der Waals surface area contributed by atoms with Gasteiger partial charge in [0.05, 0.1) is 24.1 Å². The maximum atomic E-state index is 13.7. The van der Waals surface area contributed by atoms with Crippen molar-refractivity contribution in [3.63, 3.8) is 0 Å². The summed E-state index contributed by atoms with van der Waals surface area (Å²) in [4.78, 5) is 8.44. The van der Waals surface area contributed by atoms with Gasteiger partial charge in [-0.3, -0.25) is 4.98 Å². The average molecular weight is 276 g/mol. The SMILES string of the molecule is Fc1ccccc1Cn1c(CCl)nc2cnccc21. The number of hydrogen-bond acceptors (Lipinski definition) is 2.